The molecule has 0 aromatic rings. The van der Waals surface area contributed by atoms with Gasteiger partial charge in [-0.2, -0.15) is 0 Å². The highest BCUT2D eigenvalue weighted by atomic mass is 31.2. The molecule has 1 saturated carbocycles. The number of phosphoric ester groups is 1. The van der Waals surface area contributed by atoms with Crippen molar-refractivity contribution in [2.24, 2.45) is 0 Å². The van der Waals surface area contributed by atoms with Crippen LogP contribution >= 0.6 is 7.82 Å². The minimum absolute atomic E-state index is 0.0963. The van der Waals surface area contributed by atoms with Crippen molar-refractivity contribution in [1.82, 2.24) is 0 Å². The fourth-order valence-corrected chi connectivity index (χ4v) is 8.29. The quantitative estimate of drug-likeness (QED) is 0.0147. The van der Waals surface area contributed by atoms with E-state index in [4.69, 9.17) is 18.5 Å². The number of phosphoric acid groups is 1. The predicted molar refractivity (Wildman–Crippen MR) is 240 cm³/mol. The van der Waals surface area contributed by atoms with E-state index in [0.717, 1.165) is 64.2 Å². The van der Waals surface area contributed by atoms with Crippen LogP contribution in [0.4, 0.5) is 0 Å². The van der Waals surface area contributed by atoms with Gasteiger partial charge in [-0.25, -0.2) is 4.57 Å². The first kappa shape index (κ1) is 57.3. The number of ether oxygens (including phenoxy) is 2. The molecule has 6 N–H and O–H groups in total. The van der Waals surface area contributed by atoms with E-state index >= 15 is 0 Å². The Balaban J connectivity index is 2.39. The zero-order valence-corrected chi connectivity index (χ0v) is 38.9. The van der Waals surface area contributed by atoms with Crippen molar-refractivity contribution in [2.45, 2.75) is 249 Å². The topological polar surface area (TPSA) is 210 Å². The summed E-state index contributed by atoms with van der Waals surface area (Å²) in [6.45, 7) is 3.26. The number of hydrogen-bond donors (Lipinski definition) is 6. The zero-order chi connectivity index (χ0) is 45.0. The molecule has 0 radical (unpaired) electrons. The van der Waals surface area contributed by atoms with Gasteiger partial charge in [0.05, 0.1) is 6.61 Å². The van der Waals surface area contributed by atoms with Crippen LogP contribution in [0.3, 0.4) is 0 Å². The van der Waals surface area contributed by atoms with Crippen molar-refractivity contribution in [3.8, 4) is 0 Å². The Morgan fingerprint density at radius 2 is 0.852 bits per heavy atom. The Labute approximate surface area is 368 Å². The Bertz CT molecular complexity index is 1170. The van der Waals surface area contributed by atoms with Crippen molar-refractivity contribution in [3.63, 3.8) is 0 Å². The number of aliphatic hydroxyl groups excluding tert-OH is 5. The highest BCUT2D eigenvalue weighted by molar-refractivity contribution is 7.47. The molecule has 0 aromatic carbocycles. The Morgan fingerprint density at radius 1 is 0.492 bits per heavy atom. The second-order valence-corrected chi connectivity index (χ2v) is 18.4. The van der Waals surface area contributed by atoms with E-state index < -0.39 is 75.7 Å². The van der Waals surface area contributed by atoms with Crippen LogP contribution in [0, 0.1) is 0 Å². The average Bonchev–Trinajstić information content (AvgIpc) is 3.24. The molecule has 0 spiro atoms. The fourth-order valence-electron chi connectivity index (χ4n) is 7.32. The van der Waals surface area contributed by atoms with E-state index in [1.165, 1.54) is 103 Å². The van der Waals surface area contributed by atoms with Gasteiger partial charge in [0.25, 0.3) is 0 Å². The second-order valence-electron chi connectivity index (χ2n) is 17.0. The van der Waals surface area contributed by atoms with E-state index in [2.05, 4.69) is 38.2 Å². The molecule has 358 valence electrons. The van der Waals surface area contributed by atoms with Gasteiger partial charge in [-0.3, -0.25) is 18.6 Å². The van der Waals surface area contributed by atoms with E-state index in [1.807, 2.05) is 0 Å². The molecular weight excluding hydrogens is 803 g/mol. The van der Waals surface area contributed by atoms with Gasteiger partial charge in [-0.1, -0.05) is 160 Å². The van der Waals surface area contributed by atoms with E-state index in [9.17, 15) is 44.6 Å². The lowest BCUT2D eigenvalue weighted by molar-refractivity contribution is -0.220. The van der Waals surface area contributed by atoms with E-state index in [1.54, 1.807) is 0 Å². The normalized spacial score (nSPS) is 22.2. The third-order valence-corrected chi connectivity index (χ3v) is 12.3. The van der Waals surface area contributed by atoms with Crippen molar-refractivity contribution in [2.75, 3.05) is 13.2 Å². The van der Waals surface area contributed by atoms with Gasteiger partial charge < -0.3 is 39.9 Å². The molecule has 0 aliphatic heterocycles. The van der Waals surface area contributed by atoms with Crippen molar-refractivity contribution in [3.05, 3.63) is 24.3 Å². The van der Waals surface area contributed by atoms with Gasteiger partial charge in [0.1, 0.15) is 43.2 Å². The highest BCUT2D eigenvalue weighted by Gasteiger charge is 2.51. The number of carbonyl (C=O) groups is 2. The van der Waals surface area contributed by atoms with Crippen molar-refractivity contribution >= 4 is 19.8 Å². The fraction of sp³-hybridized carbons (Fsp3) is 0.872. The molecule has 0 amide bonds. The van der Waals surface area contributed by atoms with Gasteiger partial charge in [0, 0.05) is 12.8 Å². The maximum atomic E-state index is 12.8. The number of allylic oxidation sites excluding steroid dienone is 4. The first-order valence-electron chi connectivity index (χ1n) is 24.1. The van der Waals surface area contributed by atoms with E-state index in [0.29, 0.717) is 12.8 Å². The minimum atomic E-state index is -5.12. The monoisotopic (exact) mass is 891 g/mol. The molecule has 1 rings (SSSR count). The molecule has 0 aromatic heterocycles. The van der Waals surface area contributed by atoms with E-state index in [-0.39, 0.29) is 12.8 Å². The lowest BCUT2D eigenvalue weighted by Crippen LogP contribution is -2.64. The summed E-state index contributed by atoms with van der Waals surface area (Å²) in [7, 11) is -5.12. The van der Waals surface area contributed by atoms with Crippen LogP contribution in [0.25, 0.3) is 0 Å². The number of hydrogen-bond acceptors (Lipinski definition) is 12. The number of carbonyl (C=O) groups excluding carboxylic acids is 2. The number of rotatable bonds is 40. The molecule has 1 aliphatic rings. The SMILES string of the molecule is CCCC/C=C/CCCCCCCC(=O)OC[C@H](COP(=O)(O)OC1C(O)C(O)C(O)[C@@H](O)C1O)OC(=O)CCCCCCCCCCCCC/C=C/CCCCCCCC. The smallest absolute Gasteiger partial charge is 0.462 e. The number of esters is 2. The van der Waals surface area contributed by atoms with Crippen LogP contribution in [0.15, 0.2) is 24.3 Å². The van der Waals surface area contributed by atoms with Crippen LogP contribution in [0.2, 0.25) is 0 Å². The van der Waals surface area contributed by atoms with Crippen LogP contribution in [-0.4, -0.2) is 98.3 Å². The molecule has 61 heavy (non-hydrogen) atoms. The average molecular weight is 891 g/mol. The standard InChI is InChI=1S/C47H87O13P/c1-3-5-7-9-11-13-15-16-17-18-19-20-21-22-23-24-26-28-30-32-34-36-41(49)59-39(37-57-40(48)35-33-31-29-27-25-14-12-10-8-6-4-2)38-58-61(55,56)60-47-45(53)43(51)42(50)44(52)46(47)54/h10,12,16-17,39,42-47,50-54H,3-9,11,13-15,18-38H2,1-2H3,(H,55,56)/b12-10+,17-16+/t39-,42?,43-,44?,45?,46?,47?/m1/s1. The molecule has 0 bridgehead atoms. The van der Waals surface area contributed by atoms with Gasteiger partial charge in [0.15, 0.2) is 6.10 Å². The number of aliphatic hydroxyl groups is 5. The maximum Gasteiger partial charge on any atom is 0.472 e. The number of unbranched alkanes of at least 4 members (excludes halogenated alkanes) is 24. The summed E-state index contributed by atoms with van der Waals surface area (Å²) in [5, 5.41) is 50.1. The molecule has 8 atom stereocenters. The van der Waals surface area contributed by atoms with Gasteiger partial charge >= 0.3 is 19.8 Å². The van der Waals surface area contributed by atoms with Crippen LogP contribution < -0.4 is 0 Å². The summed E-state index contributed by atoms with van der Waals surface area (Å²) in [6, 6.07) is 0. The van der Waals surface area contributed by atoms with Gasteiger partial charge in [-0.15, -0.1) is 0 Å². The molecule has 1 aliphatic carbocycles. The van der Waals surface area contributed by atoms with Crippen LogP contribution in [0.1, 0.15) is 206 Å². The Kier molecular flexibility index (Phi) is 35.4. The summed E-state index contributed by atoms with van der Waals surface area (Å²) in [5.74, 6) is -1.11. The highest BCUT2D eigenvalue weighted by Crippen LogP contribution is 2.47. The molecule has 14 heteroatoms. The third kappa shape index (κ3) is 30.2. The summed E-state index contributed by atoms with van der Waals surface area (Å²) in [4.78, 5) is 35.7. The van der Waals surface area contributed by atoms with Gasteiger partial charge in [-0.05, 0) is 57.8 Å². The lowest BCUT2D eigenvalue weighted by atomic mass is 9.85. The lowest BCUT2D eigenvalue weighted by Gasteiger charge is -2.41. The predicted octanol–water partition coefficient (Wildman–Crippen LogP) is 9.62. The molecule has 6 unspecified atom stereocenters. The van der Waals surface area contributed by atoms with Crippen LogP contribution in [0.5, 0.6) is 0 Å². The Hall–Kier alpha value is -1.67. The zero-order valence-electron chi connectivity index (χ0n) is 38.0. The second kappa shape index (κ2) is 37.7. The molecule has 0 heterocycles. The molecule has 13 nitrogen and oxygen atoms in total. The van der Waals surface area contributed by atoms with Crippen LogP contribution in [-0.2, 0) is 32.7 Å². The molecular formula is C47H87O13P. The third-order valence-electron chi connectivity index (χ3n) is 11.3. The summed E-state index contributed by atoms with van der Waals surface area (Å²) < 4.78 is 33.5. The molecule has 0 saturated heterocycles. The summed E-state index contributed by atoms with van der Waals surface area (Å²) in [6.07, 6.45) is 28.1. The Morgan fingerprint density at radius 3 is 1.30 bits per heavy atom. The van der Waals surface area contributed by atoms with Crippen molar-refractivity contribution < 1.29 is 63.1 Å². The molecule has 1 fully saturated rings. The summed E-state index contributed by atoms with van der Waals surface area (Å²) >= 11 is 0. The minimum Gasteiger partial charge on any atom is -0.462 e. The largest absolute Gasteiger partial charge is 0.472 e. The maximum absolute atomic E-state index is 12.8. The van der Waals surface area contributed by atoms with Gasteiger partial charge in [0.2, 0.25) is 0 Å². The summed E-state index contributed by atoms with van der Waals surface area (Å²) in [5.41, 5.74) is 0. The first-order chi connectivity index (χ1) is 29.4. The first-order valence-corrected chi connectivity index (χ1v) is 25.6. The van der Waals surface area contributed by atoms with Crippen molar-refractivity contribution in [1.29, 1.82) is 0 Å².